The van der Waals surface area contributed by atoms with E-state index in [4.69, 9.17) is 9.47 Å². The molecule has 2 amide bonds. The molecule has 0 fully saturated rings. The van der Waals surface area contributed by atoms with E-state index in [9.17, 15) is 27.9 Å². The van der Waals surface area contributed by atoms with Crippen LogP contribution < -0.4 is 25.4 Å². The normalized spacial score (nSPS) is 13.0. The highest BCUT2D eigenvalue weighted by molar-refractivity contribution is 7.92. The number of aliphatic hydroxyl groups excluding tert-OH is 1. The number of anilines is 1. The van der Waals surface area contributed by atoms with Gasteiger partial charge in [-0.15, -0.1) is 0 Å². The highest BCUT2D eigenvalue weighted by Crippen LogP contribution is 2.21. The van der Waals surface area contributed by atoms with Gasteiger partial charge in [-0.1, -0.05) is 60.7 Å². The van der Waals surface area contributed by atoms with Crippen LogP contribution in [0.2, 0.25) is 0 Å². The number of hydrogen-bond acceptors (Lipinski definition) is 9. The van der Waals surface area contributed by atoms with Crippen LogP contribution in [0.25, 0.3) is 0 Å². The van der Waals surface area contributed by atoms with E-state index in [1.54, 1.807) is 18.2 Å². The molecule has 270 valence electrons. The molecule has 0 saturated carbocycles. The number of carbonyl (C=O) groups excluding carboxylic acids is 3. The number of amides is 2. The third-order valence-electron chi connectivity index (χ3n) is 8.14. The minimum atomic E-state index is -3.74. The van der Waals surface area contributed by atoms with Crippen molar-refractivity contribution >= 4 is 33.5 Å². The van der Waals surface area contributed by atoms with Crippen molar-refractivity contribution in [2.75, 3.05) is 31.2 Å². The Kier molecular flexibility index (Phi) is 13.7. The van der Waals surface area contributed by atoms with Gasteiger partial charge in [0, 0.05) is 24.2 Å². The zero-order valence-electron chi connectivity index (χ0n) is 29.0. The third kappa shape index (κ3) is 11.4. The summed E-state index contributed by atoms with van der Waals surface area (Å²) < 4.78 is 37.6. The minimum Gasteiger partial charge on any atom is -0.497 e. The van der Waals surface area contributed by atoms with Gasteiger partial charge in [0.1, 0.15) is 5.75 Å². The van der Waals surface area contributed by atoms with Gasteiger partial charge in [-0.05, 0) is 73.4 Å². The van der Waals surface area contributed by atoms with Crippen molar-refractivity contribution in [3.05, 3.63) is 130 Å². The topological polar surface area (TPSA) is 172 Å². The van der Waals surface area contributed by atoms with Crippen LogP contribution in [0.5, 0.6) is 5.75 Å². The van der Waals surface area contributed by atoms with Crippen LogP contribution >= 0.6 is 0 Å². The van der Waals surface area contributed by atoms with Crippen LogP contribution in [0.15, 0.2) is 97.1 Å². The summed E-state index contributed by atoms with van der Waals surface area (Å²) in [5.41, 5.74) is 2.90. The van der Waals surface area contributed by atoms with Crippen molar-refractivity contribution in [2.45, 2.75) is 45.0 Å². The number of aliphatic hydroxyl groups is 1. The fraction of sp³-hybridized carbons (Fsp3) is 0.289. The van der Waals surface area contributed by atoms with Crippen LogP contribution in [0.3, 0.4) is 0 Å². The molecule has 0 aliphatic rings. The SMILES string of the molecule is CCS(=O)(=O)Nc1cc(C(=O)NC(Cc2ccccc2)C(O)CNCc2cc(OC)cc(C(=O)OC)c2)cc(C(=O)N[C@H](C)c2ccccc2)c1. The lowest BCUT2D eigenvalue weighted by Crippen LogP contribution is -2.48. The number of carbonyl (C=O) groups is 3. The van der Waals surface area contributed by atoms with Gasteiger partial charge in [-0.25, -0.2) is 13.2 Å². The van der Waals surface area contributed by atoms with Crippen molar-refractivity contribution in [3.8, 4) is 5.75 Å². The Morgan fingerprint density at radius 3 is 2.02 bits per heavy atom. The number of ether oxygens (including phenoxy) is 2. The van der Waals surface area contributed by atoms with Crippen LogP contribution in [0, 0.1) is 0 Å². The summed E-state index contributed by atoms with van der Waals surface area (Å²) in [6.45, 7) is 3.62. The molecule has 4 aromatic carbocycles. The number of sulfonamides is 1. The summed E-state index contributed by atoms with van der Waals surface area (Å²) in [5.74, 6) is -1.38. The maximum absolute atomic E-state index is 13.8. The Labute approximate surface area is 298 Å². The van der Waals surface area contributed by atoms with Gasteiger partial charge in [-0.3, -0.25) is 14.3 Å². The Morgan fingerprint density at radius 1 is 0.784 bits per heavy atom. The lowest BCUT2D eigenvalue weighted by Gasteiger charge is -2.25. The second-order valence-corrected chi connectivity index (χ2v) is 14.0. The van der Waals surface area contributed by atoms with E-state index < -0.39 is 40.0 Å². The smallest absolute Gasteiger partial charge is 0.337 e. The predicted molar refractivity (Wildman–Crippen MR) is 195 cm³/mol. The van der Waals surface area contributed by atoms with Gasteiger partial charge in [0.25, 0.3) is 11.8 Å². The molecule has 51 heavy (non-hydrogen) atoms. The number of benzene rings is 4. The molecule has 13 heteroatoms. The first kappa shape index (κ1) is 38.6. The van der Waals surface area contributed by atoms with Crippen LogP contribution in [-0.2, 0) is 27.7 Å². The largest absolute Gasteiger partial charge is 0.497 e. The summed E-state index contributed by atoms with van der Waals surface area (Å²) in [5, 5.41) is 20.4. The van der Waals surface area contributed by atoms with E-state index >= 15 is 0 Å². The zero-order chi connectivity index (χ0) is 37.0. The molecule has 0 aliphatic heterocycles. The molecule has 2 unspecified atom stereocenters. The number of nitrogens with one attached hydrogen (secondary N) is 4. The molecule has 4 rings (SSSR count). The molecule has 4 aromatic rings. The van der Waals surface area contributed by atoms with E-state index in [0.717, 1.165) is 11.1 Å². The first-order valence-electron chi connectivity index (χ1n) is 16.4. The van der Waals surface area contributed by atoms with Gasteiger partial charge >= 0.3 is 5.97 Å². The lowest BCUT2D eigenvalue weighted by atomic mass is 10.00. The molecule has 0 aliphatic carbocycles. The van der Waals surface area contributed by atoms with Crippen molar-refractivity contribution in [1.29, 1.82) is 0 Å². The maximum atomic E-state index is 13.8. The van der Waals surface area contributed by atoms with Crippen LogP contribution in [-0.4, -0.2) is 70.0 Å². The van der Waals surface area contributed by atoms with Crippen LogP contribution in [0.4, 0.5) is 5.69 Å². The predicted octanol–water partition coefficient (Wildman–Crippen LogP) is 4.23. The molecular weight excluding hydrogens is 673 g/mol. The van der Waals surface area contributed by atoms with Crippen molar-refractivity contribution < 1.29 is 37.4 Å². The van der Waals surface area contributed by atoms with E-state index in [0.29, 0.717) is 16.9 Å². The van der Waals surface area contributed by atoms with E-state index in [2.05, 4.69) is 20.7 Å². The molecule has 5 N–H and O–H groups in total. The van der Waals surface area contributed by atoms with E-state index in [1.165, 1.54) is 39.3 Å². The maximum Gasteiger partial charge on any atom is 0.337 e. The van der Waals surface area contributed by atoms with Gasteiger partial charge < -0.3 is 30.5 Å². The van der Waals surface area contributed by atoms with Crippen LogP contribution in [0.1, 0.15) is 67.7 Å². The fourth-order valence-electron chi connectivity index (χ4n) is 5.33. The molecule has 0 heterocycles. The number of methoxy groups -OCH3 is 2. The highest BCUT2D eigenvalue weighted by Gasteiger charge is 2.24. The summed E-state index contributed by atoms with van der Waals surface area (Å²) in [4.78, 5) is 39.4. The summed E-state index contributed by atoms with van der Waals surface area (Å²) in [6, 6.07) is 26.6. The van der Waals surface area contributed by atoms with Crippen molar-refractivity contribution in [3.63, 3.8) is 0 Å². The lowest BCUT2D eigenvalue weighted by molar-refractivity contribution is 0.0599. The van der Waals surface area contributed by atoms with Crippen molar-refractivity contribution in [1.82, 2.24) is 16.0 Å². The summed E-state index contributed by atoms with van der Waals surface area (Å²) >= 11 is 0. The summed E-state index contributed by atoms with van der Waals surface area (Å²) in [7, 11) is -0.962. The quantitative estimate of drug-likeness (QED) is 0.100. The van der Waals surface area contributed by atoms with Gasteiger partial charge in [-0.2, -0.15) is 0 Å². The van der Waals surface area contributed by atoms with Crippen molar-refractivity contribution in [2.24, 2.45) is 0 Å². The number of hydrogen-bond donors (Lipinski definition) is 5. The molecule has 12 nitrogen and oxygen atoms in total. The fourth-order valence-corrected chi connectivity index (χ4v) is 5.95. The second kappa shape index (κ2) is 18.1. The molecule has 0 bridgehead atoms. The first-order valence-corrected chi connectivity index (χ1v) is 18.1. The average molecular weight is 717 g/mol. The molecule has 0 spiro atoms. The Morgan fingerprint density at radius 2 is 1.41 bits per heavy atom. The minimum absolute atomic E-state index is 0.0220. The van der Waals surface area contributed by atoms with Gasteiger partial charge in [0.15, 0.2) is 0 Å². The van der Waals surface area contributed by atoms with E-state index in [-0.39, 0.29) is 48.1 Å². The van der Waals surface area contributed by atoms with E-state index in [1.807, 2.05) is 67.6 Å². The zero-order valence-corrected chi connectivity index (χ0v) is 29.8. The molecule has 0 aromatic heterocycles. The molecular formula is C38H44N4O8S. The average Bonchev–Trinajstić information content (AvgIpc) is 3.14. The van der Waals surface area contributed by atoms with Gasteiger partial charge in [0.05, 0.1) is 49.4 Å². The molecule has 0 saturated heterocycles. The highest BCUT2D eigenvalue weighted by atomic mass is 32.2. The molecule has 0 radical (unpaired) electrons. The third-order valence-corrected chi connectivity index (χ3v) is 9.45. The molecule has 3 atom stereocenters. The Balaban J connectivity index is 1.57. The number of esters is 1. The van der Waals surface area contributed by atoms with Gasteiger partial charge in [0.2, 0.25) is 10.0 Å². The standard InChI is InChI=1S/C38H44N4O8S/c1-5-51(47,48)42-32-20-29(36(44)40-25(2)28-14-10-7-11-15-28)19-30(21-32)37(45)41-34(18-26-12-8-6-9-13-26)35(43)24-39-23-27-16-31(38(46)50-4)22-33(17-27)49-3/h6-17,19-22,25,34-35,39,42-43H,5,18,23-24H2,1-4H3,(H,40,44)(H,41,45)/t25-,34?,35?/m1/s1. The number of rotatable bonds is 17. The monoisotopic (exact) mass is 716 g/mol. The Hall–Kier alpha value is -5.24. The second-order valence-electron chi connectivity index (χ2n) is 11.9. The summed E-state index contributed by atoms with van der Waals surface area (Å²) in [6.07, 6.45) is -0.818. The Bertz CT molecular complexity index is 1910. The first-order chi connectivity index (χ1) is 24.4.